The summed E-state index contributed by atoms with van der Waals surface area (Å²) in [6, 6.07) is 16.8. The van der Waals surface area contributed by atoms with Crippen LogP contribution < -0.4 is 15.6 Å². The number of non-ortho nitro benzene ring substituents is 1. The third-order valence-corrected chi connectivity index (χ3v) is 6.15. The molecule has 1 aromatic heterocycles. The van der Waals surface area contributed by atoms with Gasteiger partial charge in [-0.2, -0.15) is 0 Å². The van der Waals surface area contributed by atoms with E-state index in [9.17, 15) is 19.7 Å². The van der Waals surface area contributed by atoms with Crippen molar-refractivity contribution in [1.82, 2.24) is 9.55 Å². The molecule has 0 unspecified atom stereocenters. The van der Waals surface area contributed by atoms with Gasteiger partial charge in [-0.3, -0.25) is 24.3 Å². The fourth-order valence-corrected chi connectivity index (χ4v) is 4.55. The maximum Gasteiger partial charge on any atom is 0.271 e. The number of nitro groups is 1. The number of nitrogens with zero attached hydrogens (tertiary/aromatic N) is 3. The number of fused-ring (bicyclic) bond motifs is 1. The van der Waals surface area contributed by atoms with Crippen LogP contribution in [0.25, 0.3) is 16.6 Å². The van der Waals surface area contributed by atoms with Crippen LogP contribution in [0, 0.1) is 24.0 Å². The zero-order valence-corrected chi connectivity index (χ0v) is 20.1. The first-order valence-electron chi connectivity index (χ1n) is 10.6. The summed E-state index contributed by atoms with van der Waals surface area (Å²) in [5, 5.41) is 14.6. The summed E-state index contributed by atoms with van der Waals surface area (Å²) in [7, 11) is 1.41. The van der Waals surface area contributed by atoms with Crippen LogP contribution >= 0.6 is 11.8 Å². The molecule has 0 saturated heterocycles. The third-order valence-electron chi connectivity index (χ3n) is 5.21. The Labute approximate surface area is 204 Å². The van der Waals surface area contributed by atoms with E-state index in [0.29, 0.717) is 27.5 Å². The lowest BCUT2D eigenvalue weighted by Gasteiger charge is -2.15. The van der Waals surface area contributed by atoms with Gasteiger partial charge in [0, 0.05) is 12.1 Å². The Morgan fingerprint density at radius 2 is 1.83 bits per heavy atom. The highest BCUT2D eigenvalue weighted by atomic mass is 32.2. The predicted octanol–water partition coefficient (Wildman–Crippen LogP) is 4.65. The fraction of sp³-hybridized carbons (Fsp3) is 0.160. The molecule has 0 spiro atoms. The Kier molecular flexibility index (Phi) is 6.83. The van der Waals surface area contributed by atoms with E-state index in [0.717, 1.165) is 22.9 Å². The summed E-state index contributed by atoms with van der Waals surface area (Å²) in [5.74, 6) is -0.213. The molecular formula is C25H22N4O5S. The SMILES string of the molecule is COc1ccc([N+](=O)[O-])cc1NC(=O)CSc1nc2ccccc2c(=O)n1-c1cc(C)cc(C)c1. The molecule has 10 heteroatoms. The number of amides is 1. The van der Waals surface area contributed by atoms with Crippen molar-refractivity contribution in [3.05, 3.63) is 92.3 Å². The average molecular weight is 491 g/mol. The van der Waals surface area contributed by atoms with Gasteiger partial charge in [0.15, 0.2) is 5.16 Å². The Hall–Kier alpha value is -4.18. The summed E-state index contributed by atoms with van der Waals surface area (Å²) in [6.45, 7) is 3.89. The number of nitrogens with one attached hydrogen (secondary N) is 1. The lowest BCUT2D eigenvalue weighted by molar-refractivity contribution is -0.384. The van der Waals surface area contributed by atoms with Crippen molar-refractivity contribution in [3.8, 4) is 11.4 Å². The molecule has 0 aliphatic rings. The van der Waals surface area contributed by atoms with Crippen LogP contribution in [0.4, 0.5) is 11.4 Å². The van der Waals surface area contributed by atoms with Gasteiger partial charge in [0.25, 0.3) is 11.2 Å². The number of hydrogen-bond acceptors (Lipinski definition) is 7. The van der Waals surface area contributed by atoms with E-state index in [1.165, 1.54) is 29.9 Å². The van der Waals surface area contributed by atoms with E-state index < -0.39 is 10.8 Å². The van der Waals surface area contributed by atoms with Crippen molar-refractivity contribution < 1.29 is 14.5 Å². The number of carbonyl (C=O) groups is 1. The Morgan fingerprint density at radius 3 is 2.51 bits per heavy atom. The highest BCUT2D eigenvalue weighted by molar-refractivity contribution is 7.99. The van der Waals surface area contributed by atoms with Gasteiger partial charge in [0.2, 0.25) is 5.91 Å². The first kappa shape index (κ1) is 24.0. The van der Waals surface area contributed by atoms with Crippen molar-refractivity contribution in [2.75, 3.05) is 18.2 Å². The quantitative estimate of drug-likeness (QED) is 0.173. The number of para-hydroxylation sites is 1. The second-order valence-corrected chi connectivity index (χ2v) is 8.82. The van der Waals surface area contributed by atoms with Crippen LogP contribution in [-0.4, -0.2) is 33.2 Å². The normalized spacial score (nSPS) is 10.8. The Morgan fingerprint density at radius 1 is 1.11 bits per heavy atom. The number of ether oxygens (including phenoxy) is 1. The first-order valence-corrected chi connectivity index (χ1v) is 11.6. The second-order valence-electron chi connectivity index (χ2n) is 7.88. The number of thioether (sulfide) groups is 1. The Bertz CT molecular complexity index is 1500. The third kappa shape index (κ3) is 5.17. The number of rotatable bonds is 7. The number of nitro benzene ring substituents is 1. The summed E-state index contributed by atoms with van der Waals surface area (Å²) < 4.78 is 6.71. The molecule has 0 radical (unpaired) electrons. The van der Waals surface area contributed by atoms with Gasteiger partial charge in [-0.15, -0.1) is 0 Å². The lowest BCUT2D eigenvalue weighted by atomic mass is 10.1. The molecule has 0 atom stereocenters. The molecule has 0 saturated carbocycles. The van der Waals surface area contributed by atoms with Gasteiger partial charge in [-0.05, 0) is 55.3 Å². The number of methoxy groups -OCH3 is 1. The lowest BCUT2D eigenvalue weighted by Crippen LogP contribution is -2.23. The minimum Gasteiger partial charge on any atom is -0.495 e. The van der Waals surface area contributed by atoms with Gasteiger partial charge in [0.05, 0.1) is 40.1 Å². The van der Waals surface area contributed by atoms with E-state index >= 15 is 0 Å². The number of carbonyl (C=O) groups excluding carboxylic acids is 1. The molecule has 0 bridgehead atoms. The molecule has 4 aromatic rings. The first-order chi connectivity index (χ1) is 16.8. The second kappa shape index (κ2) is 9.98. The number of aromatic nitrogens is 2. The van der Waals surface area contributed by atoms with Crippen LogP contribution in [0.5, 0.6) is 5.75 Å². The van der Waals surface area contributed by atoms with E-state index in [4.69, 9.17) is 4.74 Å². The summed E-state index contributed by atoms with van der Waals surface area (Å²) >= 11 is 1.10. The van der Waals surface area contributed by atoms with Gasteiger partial charge in [0.1, 0.15) is 5.75 Å². The zero-order valence-electron chi connectivity index (χ0n) is 19.3. The van der Waals surface area contributed by atoms with E-state index in [1.807, 2.05) is 32.0 Å². The maximum absolute atomic E-state index is 13.4. The molecule has 0 aliphatic carbocycles. The number of benzene rings is 3. The van der Waals surface area contributed by atoms with Gasteiger partial charge in [-0.25, -0.2) is 4.98 Å². The molecule has 1 amide bonds. The molecular weight excluding hydrogens is 468 g/mol. The van der Waals surface area contributed by atoms with Crippen molar-refractivity contribution in [2.24, 2.45) is 0 Å². The van der Waals surface area contributed by atoms with Crippen LogP contribution in [0.3, 0.4) is 0 Å². The zero-order chi connectivity index (χ0) is 25.1. The standard InChI is InChI=1S/C25H22N4O5S/c1-15-10-16(2)12-18(11-15)28-24(31)19-6-4-5-7-20(19)27-25(28)35-14-23(30)26-21-13-17(29(32)33)8-9-22(21)34-3/h4-13H,14H2,1-3H3,(H,26,30). The largest absolute Gasteiger partial charge is 0.495 e. The molecule has 9 nitrogen and oxygen atoms in total. The number of aryl methyl sites for hydroxylation is 2. The van der Waals surface area contributed by atoms with E-state index in [-0.39, 0.29) is 22.7 Å². The van der Waals surface area contributed by atoms with Crippen molar-refractivity contribution >= 4 is 39.9 Å². The monoisotopic (exact) mass is 490 g/mol. The molecule has 35 heavy (non-hydrogen) atoms. The minimum atomic E-state index is -0.550. The maximum atomic E-state index is 13.4. The van der Waals surface area contributed by atoms with Crippen LogP contribution in [0.15, 0.2) is 70.6 Å². The van der Waals surface area contributed by atoms with Crippen LogP contribution in [0.1, 0.15) is 11.1 Å². The summed E-state index contributed by atoms with van der Waals surface area (Å²) in [6.07, 6.45) is 0. The van der Waals surface area contributed by atoms with Crippen molar-refractivity contribution in [1.29, 1.82) is 0 Å². The van der Waals surface area contributed by atoms with Crippen molar-refractivity contribution in [3.63, 3.8) is 0 Å². The smallest absolute Gasteiger partial charge is 0.271 e. The molecule has 178 valence electrons. The molecule has 1 heterocycles. The Balaban J connectivity index is 1.68. The van der Waals surface area contributed by atoms with Gasteiger partial charge < -0.3 is 10.1 Å². The fourth-order valence-electron chi connectivity index (χ4n) is 3.74. The molecule has 0 aliphatic heterocycles. The highest BCUT2D eigenvalue weighted by Crippen LogP contribution is 2.29. The molecule has 4 rings (SSSR count). The predicted molar refractivity (Wildman–Crippen MR) is 136 cm³/mol. The summed E-state index contributed by atoms with van der Waals surface area (Å²) in [4.78, 5) is 41.4. The number of hydrogen-bond donors (Lipinski definition) is 1. The van der Waals surface area contributed by atoms with E-state index in [1.54, 1.807) is 24.3 Å². The van der Waals surface area contributed by atoms with Crippen LogP contribution in [-0.2, 0) is 4.79 Å². The highest BCUT2D eigenvalue weighted by Gasteiger charge is 2.17. The van der Waals surface area contributed by atoms with Gasteiger partial charge >= 0.3 is 0 Å². The molecule has 3 aromatic carbocycles. The van der Waals surface area contributed by atoms with Crippen LogP contribution in [0.2, 0.25) is 0 Å². The van der Waals surface area contributed by atoms with Gasteiger partial charge in [-0.1, -0.05) is 30.0 Å². The van der Waals surface area contributed by atoms with Crippen molar-refractivity contribution in [2.45, 2.75) is 19.0 Å². The average Bonchev–Trinajstić information content (AvgIpc) is 2.82. The van der Waals surface area contributed by atoms with E-state index in [2.05, 4.69) is 10.3 Å². The topological polar surface area (TPSA) is 116 Å². The molecule has 0 fully saturated rings. The molecule has 1 N–H and O–H groups in total. The minimum absolute atomic E-state index is 0.0819. The number of anilines is 1. The summed E-state index contributed by atoms with van der Waals surface area (Å²) in [5.41, 5.74) is 2.95.